The van der Waals surface area contributed by atoms with Gasteiger partial charge in [0.25, 0.3) is 0 Å². The Hall–Kier alpha value is -1.40. The summed E-state index contributed by atoms with van der Waals surface area (Å²) in [6.07, 6.45) is 5.80. The summed E-state index contributed by atoms with van der Waals surface area (Å²) in [6.45, 7) is 6.37. The topological polar surface area (TPSA) is 48.7 Å². The highest BCUT2D eigenvalue weighted by atomic mass is 15.0. The van der Waals surface area contributed by atoms with Crippen molar-refractivity contribution in [1.82, 2.24) is 10.3 Å². The highest BCUT2D eigenvalue weighted by Crippen LogP contribution is 2.37. The highest BCUT2D eigenvalue weighted by Gasteiger charge is 2.41. The van der Waals surface area contributed by atoms with Crippen LogP contribution >= 0.6 is 0 Å². The van der Waals surface area contributed by atoms with Crippen molar-refractivity contribution >= 4 is 0 Å². The molecule has 1 aromatic heterocycles. The third-order valence-electron chi connectivity index (χ3n) is 3.67. The van der Waals surface area contributed by atoms with E-state index in [1.807, 2.05) is 18.3 Å². The van der Waals surface area contributed by atoms with Crippen molar-refractivity contribution in [2.24, 2.45) is 5.92 Å². The van der Waals surface area contributed by atoms with Crippen LogP contribution in [0.15, 0.2) is 24.4 Å². The summed E-state index contributed by atoms with van der Waals surface area (Å²) in [4.78, 5) is 4.39. The molecule has 1 aromatic rings. The lowest BCUT2D eigenvalue weighted by Crippen LogP contribution is -2.51. The lowest BCUT2D eigenvalue weighted by Gasteiger charge is -2.32. The largest absolute Gasteiger partial charge is 0.295 e. The van der Waals surface area contributed by atoms with Gasteiger partial charge in [-0.25, -0.2) is 0 Å². The summed E-state index contributed by atoms with van der Waals surface area (Å²) in [5, 5.41) is 13.1. The number of nitrogens with zero attached hydrogens (tertiary/aromatic N) is 2. The lowest BCUT2D eigenvalue weighted by molar-refractivity contribution is 0.296. The Morgan fingerprint density at radius 1 is 1.47 bits per heavy atom. The predicted octanol–water partition coefficient (Wildman–Crippen LogP) is 3.07. The minimum absolute atomic E-state index is 0.0182. The van der Waals surface area contributed by atoms with Crippen LogP contribution in [0.3, 0.4) is 0 Å². The predicted molar refractivity (Wildman–Crippen MR) is 76.5 cm³/mol. The molecule has 1 saturated carbocycles. The molecule has 19 heavy (non-hydrogen) atoms. The van der Waals surface area contributed by atoms with E-state index >= 15 is 0 Å². The molecule has 102 valence electrons. The minimum atomic E-state index is -0.350. The molecular weight excluding hydrogens is 234 g/mol. The molecule has 2 rings (SSSR count). The number of aromatic nitrogens is 1. The summed E-state index contributed by atoms with van der Waals surface area (Å²) in [7, 11) is 0. The van der Waals surface area contributed by atoms with Crippen LogP contribution < -0.4 is 5.32 Å². The van der Waals surface area contributed by atoms with Crippen molar-refractivity contribution in [3.63, 3.8) is 0 Å². The van der Waals surface area contributed by atoms with Gasteiger partial charge in [-0.3, -0.25) is 10.3 Å². The maximum Gasteiger partial charge on any atom is 0.107 e. The van der Waals surface area contributed by atoms with Gasteiger partial charge in [-0.2, -0.15) is 5.26 Å². The second-order valence-corrected chi connectivity index (χ2v) is 6.70. The zero-order valence-corrected chi connectivity index (χ0v) is 12.1. The van der Waals surface area contributed by atoms with E-state index in [0.717, 1.165) is 31.4 Å². The van der Waals surface area contributed by atoms with Crippen molar-refractivity contribution < 1.29 is 0 Å². The van der Waals surface area contributed by atoms with Gasteiger partial charge in [0.05, 0.1) is 6.07 Å². The molecule has 0 bridgehead atoms. The molecule has 3 heteroatoms. The van der Waals surface area contributed by atoms with Gasteiger partial charge in [-0.15, -0.1) is 0 Å². The molecule has 1 fully saturated rings. The molecule has 0 aliphatic heterocycles. The molecule has 0 aromatic carbocycles. The average Bonchev–Trinajstić information content (AvgIpc) is 2.72. The molecule has 0 amide bonds. The first kappa shape index (κ1) is 14.0. The van der Waals surface area contributed by atoms with Crippen LogP contribution in [0.2, 0.25) is 0 Å². The van der Waals surface area contributed by atoms with Crippen LogP contribution in [0.1, 0.15) is 45.7 Å². The fraction of sp³-hybridized carbons (Fsp3) is 0.625. The van der Waals surface area contributed by atoms with Gasteiger partial charge < -0.3 is 0 Å². The normalized spacial score (nSPS) is 27.2. The molecular formula is C16H23N3. The zero-order valence-electron chi connectivity index (χ0n) is 12.1. The Balaban J connectivity index is 2.00. The third kappa shape index (κ3) is 3.78. The SMILES string of the molecule is CC(C)(C)NC1(C#N)CCC(Cc2ccccn2)C1. The van der Waals surface area contributed by atoms with Crippen molar-refractivity contribution in [1.29, 1.82) is 5.26 Å². The molecule has 0 spiro atoms. The van der Waals surface area contributed by atoms with Gasteiger partial charge in [-0.1, -0.05) is 6.07 Å². The van der Waals surface area contributed by atoms with Crippen LogP contribution in [-0.4, -0.2) is 16.1 Å². The Kier molecular flexibility index (Phi) is 3.91. The summed E-state index contributed by atoms with van der Waals surface area (Å²) in [5.74, 6) is 0.560. The van der Waals surface area contributed by atoms with Crippen LogP contribution in [0.5, 0.6) is 0 Å². The van der Waals surface area contributed by atoms with Crippen molar-refractivity contribution in [3.05, 3.63) is 30.1 Å². The van der Waals surface area contributed by atoms with Gasteiger partial charge in [0.15, 0.2) is 0 Å². The van der Waals surface area contributed by atoms with E-state index in [9.17, 15) is 5.26 Å². The Bertz CT molecular complexity index is 455. The average molecular weight is 257 g/mol. The number of rotatable bonds is 3. The fourth-order valence-corrected chi connectivity index (χ4v) is 3.10. The fourth-order valence-electron chi connectivity index (χ4n) is 3.10. The Labute approximate surface area is 116 Å². The van der Waals surface area contributed by atoms with E-state index in [0.29, 0.717) is 5.92 Å². The zero-order chi connectivity index (χ0) is 13.9. The van der Waals surface area contributed by atoms with Crippen molar-refractivity contribution in [2.45, 2.75) is 57.5 Å². The molecule has 0 saturated heterocycles. The number of nitrogens with one attached hydrogen (secondary N) is 1. The van der Waals surface area contributed by atoms with Crippen molar-refractivity contribution in [2.75, 3.05) is 0 Å². The van der Waals surface area contributed by atoms with Gasteiger partial charge >= 0.3 is 0 Å². The van der Waals surface area contributed by atoms with Gasteiger partial charge in [-0.05, 0) is 64.5 Å². The summed E-state index contributed by atoms with van der Waals surface area (Å²) < 4.78 is 0. The van der Waals surface area contributed by atoms with Crippen LogP contribution in [0.25, 0.3) is 0 Å². The molecule has 1 aliphatic rings. The summed E-state index contributed by atoms with van der Waals surface area (Å²) in [5.41, 5.74) is 0.768. The second-order valence-electron chi connectivity index (χ2n) is 6.70. The van der Waals surface area contributed by atoms with E-state index < -0.39 is 0 Å². The monoisotopic (exact) mass is 257 g/mol. The second kappa shape index (κ2) is 5.30. The molecule has 1 N–H and O–H groups in total. The van der Waals surface area contributed by atoms with E-state index in [-0.39, 0.29) is 11.1 Å². The molecule has 2 unspecified atom stereocenters. The number of hydrogen-bond acceptors (Lipinski definition) is 3. The molecule has 3 nitrogen and oxygen atoms in total. The minimum Gasteiger partial charge on any atom is -0.295 e. The maximum absolute atomic E-state index is 9.54. The molecule has 2 atom stereocenters. The Morgan fingerprint density at radius 2 is 2.26 bits per heavy atom. The van der Waals surface area contributed by atoms with Crippen LogP contribution in [0.4, 0.5) is 0 Å². The van der Waals surface area contributed by atoms with E-state index in [1.165, 1.54) is 0 Å². The summed E-state index contributed by atoms with van der Waals surface area (Å²) in [6, 6.07) is 8.56. The van der Waals surface area contributed by atoms with E-state index in [1.54, 1.807) is 0 Å². The lowest BCUT2D eigenvalue weighted by atomic mass is 9.92. The van der Waals surface area contributed by atoms with Gasteiger partial charge in [0.2, 0.25) is 0 Å². The molecule has 1 aliphatic carbocycles. The van der Waals surface area contributed by atoms with E-state index in [4.69, 9.17) is 0 Å². The highest BCUT2D eigenvalue weighted by molar-refractivity contribution is 5.15. The van der Waals surface area contributed by atoms with Gasteiger partial charge in [0.1, 0.15) is 5.54 Å². The first-order valence-corrected chi connectivity index (χ1v) is 7.03. The number of nitriles is 1. The third-order valence-corrected chi connectivity index (χ3v) is 3.67. The number of pyridine rings is 1. The maximum atomic E-state index is 9.54. The molecule has 0 radical (unpaired) electrons. The van der Waals surface area contributed by atoms with Gasteiger partial charge in [0, 0.05) is 17.4 Å². The van der Waals surface area contributed by atoms with Crippen LogP contribution in [-0.2, 0) is 6.42 Å². The van der Waals surface area contributed by atoms with Crippen LogP contribution in [0, 0.1) is 17.2 Å². The molecule has 1 heterocycles. The first-order valence-electron chi connectivity index (χ1n) is 7.03. The smallest absolute Gasteiger partial charge is 0.107 e. The van der Waals surface area contributed by atoms with Crippen molar-refractivity contribution in [3.8, 4) is 6.07 Å². The standard InChI is InChI=1S/C16H23N3/c1-15(2,3)19-16(12-17)8-7-13(11-16)10-14-6-4-5-9-18-14/h4-6,9,13,19H,7-8,10-11H2,1-3H3. The number of hydrogen-bond donors (Lipinski definition) is 1. The van der Waals surface area contributed by atoms with E-state index in [2.05, 4.69) is 43.2 Å². The first-order chi connectivity index (χ1) is 8.92. The summed E-state index contributed by atoms with van der Waals surface area (Å²) >= 11 is 0. The quantitative estimate of drug-likeness (QED) is 0.905. The Morgan fingerprint density at radius 3 is 2.84 bits per heavy atom.